The van der Waals surface area contributed by atoms with Crippen LogP contribution >= 0.6 is 0 Å². The molecule has 0 rings (SSSR count). The van der Waals surface area contributed by atoms with Crippen LogP contribution in [0.2, 0.25) is 0 Å². The molecule has 0 saturated heterocycles. The molecule has 0 aliphatic rings. The van der Waals surface area contributed by atoms with Gasteiger partial charge in [-0.25, -0.2) is 0 Å². The van der Waals surface area contributed by atoms with Crippen LogP contribution in [-0.4, -0.2) is 34.9 Å². The molecule has 3 N–H and O–H groups in total. The van der Waals surface area contributed by atoms with Crippen LogP contribution in [0.1, 0.15) is 412 Å². The van der Waals surface area contributed by atoms with Crippen LogP contribution in [0.4, 0.5) is 0 Å². The molecule has 0 fully saturated rings. The first-order valence-electron chi connectivity index (χ1n) is 35.6. The van der Waals surface area contributed by atoms with Gasteiger partial charge in [0.1, 0.15) is 0 Å². The van der Waals surface area contributed by atoms with Gasteiger partial charge in [-0.2, -0.15) is 0 Å². The van der Waals surface area contributed by atoms with Crippen LogP contribution in [0.15, 0.2) is 24.3 Å². The van der Waals surface area contributed by atoms with Crippen LogP contribution in [-0.2, 0) is 4.79 Å². The summed E-state index contributed by atoms with van der Waals surface area (Å²) >= 11 is 0. The summed E-state index contributed by atoms with van der Waals surface area (Å²) in [6.45, 7) is 4.36. The molecule has 2 atom stereocenters. The molecule has 76 heavy (non-hydrogen) atoms. The first-order chi connectivity index (χ1) is 37.7. The van der Waals surface area contributed by atoms with E-state index in [1.807, 2.05) is 6.08 Å². The van der Waals surface area contributed by atoms with Crippen molar-refractivity contribution in [2.45, 2.75) is 424 Å². The van der Waals surface area contributed by atoms with Crippen LogP contribution in [0.25, 0.3) is 0 Å². The largest absolute Gasteiger partial charge is 0.394 e. The third-order valence-electron chi connectivity index (χ3n) is 16.9. The van der Waals surface area contributed by atoms with Crippen LogP contribution in [0.3, 0.4) is 0 Å². The number of aliphatic hydroxyl groups excluding tert-OH is 2. The predicted octanol–water partition coefficient (Wildman–Crippen LogP) is 24.2. The van der Waals surface area contributed by atoms with Crippen molar-refractivity contribution in [3.05, 3.63) is 24.3 Å². The first kappa shape index (κ1) is 74.9. The molecule has 4 heteroatoms. The van der Waals surface area contributed by atoms with Crippen molar-refractivity contribution in [3.8, 4) is 0 Å². The Morgan fingerprint density at radius 1 is 0.303 bits per heavy atom. The quantitative estimate of drug-likeness (QED) is 0.0420. The second kappa shape index (κ2) is 68.1. The molecular weight excluding hydrogens is 927 g/mol. The van der Waals surface area contributed by atoms with E-state index >= 15 is 0 Å². The Bertz CT molecular complexity index is 1120. The van der Waals surface area contributed by atoms with Gasteiger partial charge in [-0.05, 0) is 32.1 Å². The van der Waals surface area contributed by atoms with Crippen LogP contribution in [0.5, 0.6) is 0 Å². The highest BCUT2D eigenvalue weighted by molar-refractivity contribution is 5.76. The highest BCUT2D eigenvalue weighted by Gasteiger charge is 2.18. The van der Waals surface area contributed by atoms with Gasteiger partial charge in [0.2, 0.25) is 5.91 Å². The van der Waals surface area contributed by atoms with Crippen molar-refractivity contribution in [2.75, 3.05) is 6.61 Å². The van der Waals surface area contributed by atoms with Gasteiger partial charge in [0.05, 0.1) is 18.8 Å². The summed E-state index contributed by atoms with van der Waals surface area (Å²) in [5.74, 6) is -0.0638. The topological polar surface area (TPSA) is 69.6 Å². The zero-order chi connectivity index (χ0) is 54.8. The van der Waals surface area contributed by atoms with Crippen molar-refractivity contribution < 1.29 is 15.0 Å². The fourth-order valence-corrected chi connectivity index (χ4v) is 11.6. The molecule has 0 radical (unpaired) electrons. The van der Waals surface area contributed by atoms with Crippen molar-refractivity contribution in [2.24, 2.45) is 0 Å². The highest BCUT2D eigenvalue weighted by atomic mass is 16.3. The van der Waals surface area contributed by atoms with E-state index in [-0.39, 0.29) is 12.5 Å². The second-order valence-electron chi connectivity index (χ2n) is 24.7. The van der Waals surface area contributed by atoms with E-state index in [9.17, 15) is 15.0 Å². The number of allylic oxidation sites excluding steroid dienone is 3. The number of amides is 1. The molecule has 4 nitrogen and oxygen atoms in total. The van der Waals surface area contributed by atoms with Gasteiger partial charge >= 0.3 is 0 Å². The Morgan fingerprint density at radius 2 is 0.513 bits per heavy atom. The summed E-state index contributed by atoms with van der Waals surface area (Å²) < 4.78 is 0. The molecule has 0 aromatic heterocycles. The molecular formula is C72H141NO3. The van der Waals surface area contributed by atoms with Gasteiger partial charge in [-0.3, -0.25) is 4.79 Å². The molecule has 0 aliphatic heterocycles. The highest BCUT2D eigenvalue weighted by Crippen LogP contribution is 2.20. The Labute approximate surface area is 479 Å². The maximum Gasteiger partial charge on any atom is 0.220 e. The van der Waals surface area contributed by atoms with E-state index in [1.165, 1.54) is 360 Å². The van der Waals surface area contributed by atoms with Crippen LogP contribution in [0, 0.1) is 0 Å². The SMILES string of the molecule is CCCCCCCCCCCCCCCCCCCCCCCCCC/C=C/CC/C=C/C(O)C(CO)NC(=O)CCCCCCCCCCCCCCCCCCCCCCCCCCCCCCCCCCCC. The standard InChI is InChI=1S/C72H141NO3/c1-3-5-7-9-11-13-15-17-19-21-23-25-27-29-31-33-35-36-37-38-40-42-44-46-48-50-52-54-56-58-60-62-64-66-68-72(76)73-70(69-74)71(75)67-65-63-61-59-57-55-53-51-49-47-45-43-41-39-34-32-30-28-26-24-22-20-18-16-14-12-10-8-6-4-2/h57,59,65,67,70-71,74-75H,3-56,58,60-64,66,68-69H2,1-2H3,(H,73,76)/b59-57+,67-65+. The smallest absolute Gasteiger partial charge is 0.220 e. The van der Waals surface area contributed by atoms with Gasteiger partial charge in [0.25, 0.3) is 0 Å². The predicted molar refractivity (Wildman–Crippen MR) is 341 cm³/mol. The molecule has 0 saturated carbocycles. The number of aliphatic hydroxyl groups is 2. The third kappa shape index (κ3) is 63.7. The average Bonchev–Trinajstić information content (AvgIpc) is 3.42. The minimum atomic E-state index is -0.861. The molecule has 0 aromatic rings. The van der Waals surface area contributed by atoms with E-state index in [1.54, 1.807) is 6.08 Å². The van der Waals surface area contributed by atoms with E-state index < -0.39 is 12.1 Å². The Hall–Kier alpha value is -1.13. The van der Waals surface area contributed by atoms with Crippen molar-refractivity contribution in [3.63, 3.8) is 0 Å². The number of hydrogen-bond acceptors (Lipinski definition) is 3. The fourth-order valence-electron chi connectivity index (χ4n) is 11.6. The summed E-state index contributed by atoms with van der Waals surface area (Å²) in [7, 11) is 0. The van der Waals surface area contributed by atoms with Crippen molar-refractivity contribution in [1.82, 2.24) is 5.32 Å². The maximum atomic E-state index is 12.5. The van der Waals surface area contributed by atoms with E-state index in [2.05, 4.69) is 31.3 Å². The summed E-state index contributed by atoms with van der Waals surface area (Å²) in [4.78, 5) is 12.5. The van der Waals surface area contributed by atoms with Gasteiger partial charge in [0, 0.05) is 6.42 Å². The molecule has 0 aromatic carbocycles. The minimum absolute atomic E-state index is 0.0638. The molecule has 0 aliphatic carbocycles. The van der Waals surface area contributed by atoms with Crippen molar-refractivity contribution in [1.29, 1.82) is 0 Å². The number of rotatable bonds is 67. The minimum Gasteiger partial charge on any atom is -0.394 e. The van der Waals surface area contributed by atoms with Gasteiger partial charge < -0.3 is 15.5 Å². The number of carbonyl (C=O) groups excluding carboxylic acids is 1. The molecule has 0 spiro atoms. The first-order valence-corrected chi connectivity index (χ1v) is 35.6. The normalized spacial score (nSPS) is 12.7. The molecule has 2 unspecified atom stereocenters. The summed E-state index contributed by atoms with van der Waals surface area (Å²) in [6.07, 6.45) is 92.9. The molecule has 1 amide bonds. The number of nitrogens with one attached hydrogen (secondary N) is 1. The summed E-state index contributed by atoms with van der Waals surface area (Å²) in [6, 6.07) is -0.638. The van der Waals surface area contributed by atoms with E-state index in [0.29, 0.717) is 6.42 Å². The van der Waals surface area contributed by atoms with E-state index in [4.69, 9.17) is 0 Å². The lowest BCUT2D eigenvalue weighted by atomic mass is 10.0. The van der Waals surface area contributed by atoms with Crippen LogP contribution < -0.4 is 5.32 Å². The monoisotopic (exact) mass is 1070 g/mol. The molecule has 0 heterocycles. The second-order valence-corrected chi connectivity index (χ2v) is 24.7. The number of carbonyl (C=O) groups is 1. The molecule has 0 bridgehead atoms. The number of unbranched alkanes of at least 4 members (excludes halogenated alkanes) is 58. The third-order valence-corrected chi connectivity index (χ3v) is 16.9. The lowest BCUT2D eigenvalue weighted by Gasteiger charge is -2.19. The fraction of sp³-hybridized carbons (Fsp3) is 0.931. The summed E-state index contributed by atoms with van der Waals surface area (Å²) in [5, 5.41) is 23.3. The van der Waals surface area contributed by atoms with E-state index in [0.717, 1.165) is 32.1 Å². The lowest BCUT2D eigenvalue weighted by molar-refractivity contribution is -0.123. The number of hydrogen-bond donors (Lipinski definition) is 3. The lowest BCUT2D eigenvalue weighted by Crippen LogP contribution is -2.45. The van der Waals surface area contributed by atoms with Gasteiger partial charge in [0.15, 0.2) is 0 Å². The average molecular weight is 1070 g/mol. The zero-order valence-electron chi connectivity index (χ0n) is 52.3. The Balaban J connectivity index is 3.42. The maximum absolute atomic E-state index is 12.5. The van der Waals surface area contributed by atoms with Gasteiger partial charge in [-0.15, -0.1) is 0 Å². The zero-order valence-corrected chi connectivity index (χ0v) is 52.3. The Kier molecular flexibility index (Phi) is 67.1. The van der Waals surface area contributed by atoms with Crippen molar-refractivity contribution >= 4 is 5.91 Å². The summed E-state index contributed by atoms with van der Waals surface area (Å²) in [5.41, 5.74) is 0. The molecule has 452 valence electrons. The Morgan fingerprint density at radius 3 is 0.763 bits per heavy atom. The van der Waals surface area contributed by atoms with Gasteiger partial charge in [-0.1, -0.05) is 398 Å².